The molecule has 70 valence electrons. The first-order valence-corrected chi connectivity index (χ1v) is 4.64. The van der Waals surface area contributed by atoms with Crippen LogP contribution in [0.4, 0.5) is 0 Å². The molecule has 0 aromatic heterocycles. The first-order chi connectivity index (χ1) is 6.16. The number of phenols is 1. The number of carbonyl (C=O) groups is 1. The van der Waals surface area contributed by atoms with Gasteiger partial charge in [0, 0.05) is 12.3 Å². The number of hydrogen-bond donors (Lipinski definition) is 1. The van der Waals surface area contributed by atoms with E-state index in [-0.39, 0.29) is 34.4 Å². The Morgan fingerprint density at radius 2 is 2.15 bits per heavy atom. The molecule has 1 rings (SSSR count). The van der Waals surface area contributed by atoms with Crippen LogP contribution < -0.4 is 0 Å². The summed E-state index contributed by atoms with van der Waals surface area (Å²) < 4.78 is 0. The van der Waals surface area contributed by atoms with Gasteiger partial charge in [0.2, 0.25) is 0 Å². The predicted octanol–water partition coefficient (Wildman–Crippen LogP) is 2.86. The summed E-state index contributed by atoms with van der Waals surface area (Å²) in [6.45, 7) is 0. The Bertz CT molecular complexity index is 323. The zero-order chi connectivity index (χ0) is 9.84. The van der Waals surface area contributed by atoms with Gasteiger partial charge in [0.15, 0.2) is 5.78 Å². The molecule has 0 atom stereocenters. The summed E-state index contributed by atoms with van der Waals surface area (Å²) in [6.07, 6.45) is 0.204. The van der Waals surface area contributed by atoms with Gasteiger partial charge in [0.05, 0.1) is 10.6 Å². The van der Waals surface area contributed by atoms with Gasteiger partial charge in [-0.05, 0) is 12.1 Å². The molecule has 0 aliphatic rings. The highest BCUT2D eigenvalue weighted by Crippen LogP contribution is 2.27. The number of alkyl halides is 1. The predicted molar refractivity (Wildman–Crippen MR) is 52.8 cm³/mol. The lowest BCUT2D eigenvalue weighted by Crippen LogP contribution is -1.99. The number of carbonyl (C=O) groups excluding carboxylic acids is 1. The Hall–Kier alpha value is -0.730. The van der Waals surface area contributed by atoms with Gasteiger partial charge in [-0.2, -0.15) is 0 Å². The van der Waals surface area contributed by atoms with Crippen molar-refractivity contribution in [2.24, 2.45) is 0 Å². The molecule has 13 heavy (non-hydrogen) atoms. The van der Waals surface area contributed by atoms with Crippen LogP contribution in [0.3, 0.4) is 0 Å². The van der Waals surface area contributed by atoms with Crippen molar-refractivity contribution in [2.75, 3.05) is 5.88 Å². The van der Waals surface area contributed by atoms with Crippen LogP contribution in [0, 0.1) is 0 Å². The molecular weight excluding hydrogens is 211 g/mol. The highest BCUT2D eigenvalue weighted by atomic mass is 35.5. The molecule has 0 unspecified atom stereocenters. The number of para-hydroxylation sites is 1. The summed E-state index contributed by atoms with van der Waals surface area (Å²) in [7, 11) is 0. The van der Waals surface area contributed by atoms with Crippen LogP contribution in [0.25, 0.3) is 0 Å². The molecule has 0 bridgehead atoms. The largest absolute Gasteiger partial charge is 0.506 e. The molecule has 1 aromatic rings. The number of hydrogen-bond acceptors (Lipinski definition) is 2. The number of benzene rings is 1. The van der Waals surface area contributed by atoms with E-state index in [1.165, 1.54) is 12.1 Å². The Morgan fingerprint density at radius 1 is 1.46 bits per heavy atom. The van der Waals surface area contributed by atoms with Gasteiger partial charge in [-0.25, -0.2) is 0 Å². The van der Waals surface area contributed by atoms with Crippen molar-refractivity contribution < 1.29 is 9.90 Å². The number of ketones is 1. The molecule has 0 heterocycles. The number of Topliss-reactive ketones (excluding diaryl/α,β-unsaturated/α-hetero) is 1. The summed E-state index contributed by atoms with van der Waals surface area (Å²) in [4.78, 5) is 11.3. The fourth-order valence-corrected chi connectivity index (χ4v) is 1.31. The molecule has 1 aromatic carbocycles. The quantitative estimate of drug-likeness (QED) is 0.626. The molecule has 0 saturated heterocycles. The third-order valence-corrected chi connectivity index (χ3v) is 2.10. The molecule has 0 amide bonds. The SMILES string of the molecule is O=C(CCCl)c1cccc(Cl)c1O. The van der Waals surface area contributed by atoms with Crippen molar-refractivity contribution in [1.29, 1.82) is 0 Å². The number of aromatic hydroxyl groups is 1. The van der Waals surface area contributed by atoms with Crippen LogP contribution in [0.5, 0.6) is 5.75 Å². The van der Waals surface area contributed by atoms with Gasteiger partial charge in [0.1, 0.15) is 5.75 Å². The Kier molecular flexibility index (Phi) is 3.58. The lowest BCUT2D eigenvalue weighted by molar-refractivity contribution is 0.0986. The molecule has 0 spiro atoms. The van der Waals surface area contributed by atoms with E-state index in [0.717, 1.165) is 0 Å². The highest BCUT2D eigenvalue weighted by molar-refractivity contribution is 6.32. The van der Waals surface area contributed by atoms with Gasteiger partial charge in [-0.15, -0.1) is 11.6 Å². The Balaban J connectivity index is 3.01. The minimum absolute atomic E-state index is 0.167. The first-order valence-electron chi connectivity index (χ1n) is 3.73. The molecule has 0 aliphatic carbocycles. The van der Waals surface area contributed by atoms with Crippen molar-refractivity contribution >= 4 is 29.0 Å². The minimum Gasteiger partial charge on any atom is -0.506 e. The van der Waals surface area contributed by atoms with Crippen LogP contribution >= 0.6 is 23.2 Å². The highest BCUT2D eigenvalue weighted by Gasteiger charge is 2.11. The molecule has 0 aliphatic heterocycles. The van der Waals surface area contributed by atoms with Crippen molar-refractivity contribution in [3.8, 4) is 5.75 Å². The van der Waals surface area contributed by atoms with Crippen molar-refractivity contribution in [3.63, 3.8) is 0 Å². The second kappa shape index (κ2) is 4.49. The zero-order valence-electron chi connectivity index (χ0n) is 6.76. The summed E-state index contributed by atoms with van der Waals surface area (Å²) >= 11 is 11.0. The lowest BCUT2D eigenvalue weighted by atomic mass is 10.1. The monoisotopic (exact) mass is 218 g/mol. The second-order valence-corrected chi connectivity index (χ2v) is 3.28. The third-order valence-electron chi connectivity index (χ3n) is 1.61. The summed E-state index contributed by atoms with van der Waals surface area (Å²) in [5.74, 6) is -0.126. The molecule has 2 nitrogen and oxygen atoms in total. The van der Waals surface area contributed by atoms with Crippen molar-refractivity contribution in [2.45, 2.75) is 6.42 Å². The molecular formula is C9H8Cl2O2. The van der Waals surface area contributed by atoms with Crippen LogP contribution in [-0.2, 0) is 0 Å². The maximum Gasteiger partial charge on any atom is 0.167 e. The fourth-order valence-electron chi connectivity index (χ4n) is 0.961. The smallest absolute Gasteiger partial charge is 0.167 e. The van der Waals surface area contributed by atoms with Gasteiger partial charge < -0.3 is 5.11 Å². The van der Waals surface area contributed by atoms with Gasteiger partial charge in [-0.3, -0.25) is 4.79 Å². The van der Waals surface area contributed by atoms with E-state index >= 15 is 0 Å². The molecule has 0 saturated carbocycles. The maximum absolute atomic E-state index is 11.3. The van der Waals surface area contributed by atoms with E-state index in [0.29, 0.717) is 0 Å². The Labute approximate surface area is 86.1 Å². The number of rotatable bonds is 3. The zero-order valence-corrected chi connectivity index (χ0v) is 8.27. The van der Waals surface area contributed by atoms with Gasteiger partial charge in [-0.1, -0.05) is 17.7 Å². The third kappa shape index (κ3) is 2.36. The van der Waals surface area contributed by atoms with Crippen LogP contribution in [0.15, 0.2) is 18.2 Å². The van der Waals surface area contributed by atoms with Crippen LogP contribution in [0.1, 0.15) is 16.8 Å². The van der Waals surface area contributed by atoms with E-state index in [4.69, 9.17) is 23.2 Å². The van der Waals surface area contributed by atoms with Gasteiger partial charge in [0.25, 0.3) is 0 Å². The number of halogens is 2. The fraction of sp³-hybridized carbons (Fsp3) is 0.222. The van der Waals surface area contributed by atoms with E-state index in [1.807, 2.05) is 0 Å². The normalized spacial score (nSPS) is 10.0. The average Bonchev–Trinajstić information content (AvgIpc) is 2.10. The minimum atomic E-state index is -0.199. The van der Waals surface area contributed by atoms with E-state index in [1.54, 1.807) is 6.07 Å². The van der Waals surface area contributed by atoms with Crippen LogP contribution in [-0.4, -0.2) is 16.8 Å². The van der Waals surface area contributed by atoms with E-state index < -0.39 is 0 Å². The average molecular weight is 219 g/mol. The summed E-state index contributed by atoms with van der Waals surface area (Å²) in [5.41, 5.74) is 0.230. The van der Waals surface area contributed by atoms with Crippen molar-refractivity contribution in [1.82, 2.24) is 0 Å². The standard InChI is InChI=1S/C9H8Cl2O2/c10-5-4-8(12)6-2-1-3-7(11)9(6)13/h1-3,13H,4-5H2. The van der Waals surface area contributed by atoms with E-state index in [2.05, 4.69) is 0 Å². The maximum atomic E-state index is 11.3. The molecule has 0 radical (unpaired) electrons. The van der Waals surface area contributed by atoms with E-state index in [9.17, 15) is 9.90 Å². The summed E-state index contributed by atoms with van der Waals surface area (Å²) in [6, 6.07) is 4.66. The van der Waals surface area contributed by atoms with Crippen LogP contribution in [0.2, 0.25) is 5.02 Å². The van der Waals surface area contributed by atoms with Gasteiger partial charge >= 0.3 is 0 Å². The first kappa shape index (κ1) is 10.4. The molecule has 0 fully saturated rings. The second-order valence-electron chi connectivity index (χ2n) is 2.50. The van der Waals surface area contributed by atoms with Crippen molar-refractivity contribution in [3.05, 3.63) is 28.8 Å². The topological polar surface area (TPSA) is 37.3 Å². The lowest BCUT2D eigenvalue weighted by Gasteiger charge is -2.02. The Morgan fingerprint density at radius 3 is 2.77 bits per heavy atom. The molecule has 1 N–H and O–H groups in total. The summed E-state index contributed by atoms with van der Waals surface area (Å²) in [5, 5.41) is 9.58. The number of phenolic OH excluding ortho intramolecular Hbond substituents is 1. The molecule has 4 heteroatoms.